The maximum Gasteiger partial charge on any atom is 0.119 e. The molecule has 2 nitrogen and oxygen atoms in total. The van der Waals surface area contributed by atoms with E-state index in [4.69, 9.17) is 10.5 Å². The Kier molecular flexibility index (Phi) is 3.61. The first kappa shape index (κ1) is 9.07. The largest absolute Gasteiger partial charge is 0.493 e. The molecule has 0 aliphatic carbocycles. The van der Waals surface area contributed by atoms with E-state index in [0.717, 1.165) is 5.75 Å². The lowest BCUT2D eigenvalue weighted by Gasteiger charge is -2.10. The second-order valence-electron chi connectivity index (χ2n) is 2.96. The van der Waals surface area contributed by atoms with Gasteiger partial charge in [0.05, 0.1) is 6.61 Å². The third kappa shape index (κ3) is 2.93. The zero-order valence-electron chi connectivity index (χ0n) is 7.36. The van der Waals surface area contributed by atoms with Crippen LogP contribution in [0.2, 0.25) is 0 Å². The first-order chi connectivity index (χ1) is 5.83. The SMILES string of the molecule is CC(CN)COc1ccccc1. The Morgan fingerprint density at radius 1 is 1.33 bits per heavy atom. The van der Waals surface area contributed by atoms with E-state index in [1.54, 1.807) is 0 Å². The second kappa shape index (κ2) is 4.78. The number of nitrogens with two attached hydrogens (primary N) is 1. The second-order valence-corrected chi connectivity index (χ2v) is 2.96. The molecule has 0 aliphatic rings. The molecule has 1 aromatic rings. The van der Waals surface area contributed by atoms with Crippen LogP contribution in [0.5, 0.6) is 5.75 Å². The number of rotatable bonds is 4. The summed E-state index contributed by atoms with van der Waals surface area (Å²) in [5.74, 6) is 1.34. The summed E-state index contributed by atoms with van der Waals surface area (Å²) in [5, 5.41) is 0. The predicted octanol–water partition coefficient (Wildman–Crippen LogP) is 1.66. The van der Waals surface area contributed by atoms with Crippen LogP contribution in [0.15, 0.2) is 30.3 Å². The van der Waals surface area contributed by atoms with Crippen molar-refractivity contribution in [3.8, 4) is 5.75 Å². The molecule has 0 saturated heterocycles. The van der Waals surface area contributed by atoms with Crippen molar-refractivity contribution in [2.45, 2.75) is 6.92 Å². The Morgan fingerprint density at radius 2 is 2.00 bits per heavy atom. The molecular weight excluding hydrogens is 150 g/mol. The fourth-order valence-electron chi connectivity index (χ4n) is 0.823. The topological polar surface area (TPSA) is 35.2 Å². The predicted molar refractivity (Wildman–Crippen MR) is 50.2 cm³/mol. The lowest BCUT2D eigenvalue weighted by molar-refractivity contribution is 0.264. The average Bonchev–Trinajstić information content (AvgIpc) is 2.16. The van der Waals surface area contributed by atoms with Gasteiger partial charge < -0.3 is 10.5 Å². The van der Waals surface area contributed by atoms with Crippen LogP contribution < -0.4 is 10.5 Å². The third-order valence-electron chi connectivity index (χ3n) is 1.68. The summed E-state index contributed by atoms with van der Waals surface area (Å²) in [6.45, 7) is 3.44. The van der Waals surface area contributed by atoms with Crippen molar-refractivity contribution in [1.29, 1.82) is 0 Å². The highest BCUT2D eigenvalue weighted by Crippen LogP contribution is 2.09. The number of benzene rings is 1. The summed E-state index contributed by atoms with van der Waals surface area (Å²) in [6.07, 6.45) is 0. The van der Waals surface area contributed by atoms with Gasteiger partial charge in [0.25, 0.3) is 0 Å². The first-order valence-electron chi connectivity index (χ1n) is 4.21. The fraction of sp³-hybridized carbons (Fsp3) is 0.400. The molecule has 2 heteroatoms. The molecule has 0 amide bonds. The van der Waals surface area contributed by atoms with Crippen molar-refractivity contribution in [1.82, 2.24) is 0 Å². The van der Waals surface area contributed by atoms with Gasteiger partial charge in [0.15, 0.2) is 0 Å². The Morgan fingerprint density at radius 3 is 2.58 bits per heavy atom. The molecule has 0 heterocycles. The van der Waals surface area contributed by atoms with Crippen LogP contribution in [0.3, 0.4) is 0 Å². The summed E-state index contributed by atoms with van der Waals surface area (Å²) in [4.78, 5) is 0. The number of ether oxygens (including phenoxy) is 1. The molecular formula is C10H15NO. The van der Waals surface area contributed by atoms with E-state index in [9.17, 15) is 0 Å². The lowest BCUT2D eigenvalue weighted by Crippen LogP contribution is -2.18. The van der Waals surface area contributed by atoms with E-state index >= 15 is 0 Å². The summed E-state index contributed by atoms with van der Waals surface area (Å²) < 4.78 is 5.48. The van der Waals surface area contributed by atoms with Gasteiger partial charge in [-0.2, -0.15) is 0 Å². The molecule has 12 heavy (non-hydrogen) atoms. The number of para-hydroxylation sites is 1. The average molecular weight is 165 g/mol. The van der Waals surface area contributed by atoms with Crippen LogP contribution in [0.4, 0.5) is 0 Å². The van der Waals surface area contributed by atoms with Crippen molar-refractivity contribution >= 4 is 0 Å². The van der Waals surface area contributed by atoms with Crippen molar-refractivity contribution in [2.75, 3.05) is 13.2 Å². The van der Waals surface area contributed by atoms with Crippen molar-refractivity contribution < 1.29 is 4.74 Å². The van der Waals surface area contributed by atoms with Crippen LogP contribution in [0.25, 0.3) is 0 Å². The van der Waals surface area contributed by atoms with E-state index in [-0.39, 0.29) is 0 Å². The molecule has 0 fully saturated rings. The molecule has 1 atom stereocenters. The van der Waals surface area contributed by atoms with E-state index in [2.05, 4.69) is 6.92 Å². The van der Waals surface area contributed by atoms with Crippen LogP contribution in [-0.4, -0.2) is 13.2 Å². The standard InChI is InChI=1S/C10H15NO/c1-9(7-11)8-12-10-5-3-2-4-6-10/h2-6,9H,7-8,11H2,1H3. The van der Waals surface area contributed by atoms with Gasteiger partial charge in [-0.15, -0.1) is 0 Å². The van der Waals surface area contributed by atoms with Crippen LogP contribution >= 0.6 is 0 Å². The Labute approximate surface area is 73.3 Å². The molecule has 0 radical (unpaired) electrons. The van der Waals surface area contributed by atoms with Gasteiger partial charge >= 0.3 is 0 Å². The third-order valence-corrected chi connectivity index (χ3v) is 1.68. The molecule has 1 unspecified atom stereocenters. The minimum Gasteiger partial charge on any atom is -0.493 e. The fourth-order valence-corrected chi connectivity index (χ4v) is 0.823. The Hall–Kier alpha value is -1.02. The van der Waals surface area contributed by atoms with Gasteiger partial charge in [-0.1, -0.05) is 25.1 Å². The zero-order valence-corrected chi connectivity index (χ0v) is 7.36. The summed E-state index contributed by atoms with van der Waals surface area (Å²) in [5.41, 5.74) is 5.46. The van der Waals surface area contributed by atoms with Gasteiger partial charge in [-0.3, -0.25) is 0 Å². The van der Waals surface area contributed by atoms with Crippen molar-refractivity contribution in [3.05, 3.63) is 30.3 Å². The molecule has 0 saturated carbocycles. The van der Waals surface area contributed by atoms with E-state index in [0.29, 0.717) is 19.1 Å². The Bertz CT molecular complexity index is 210. The summed E-state index contributed by atoms with van der Waals surface area (Å²) in [6, 6.07) is 9.79. The molecule has 0 spiro atoms. The molecule has 1 aromatic carbocycles. The molecule has 66 valence electrons. The number of hydrogen-bond acceptors (Lipinski definition) is 2. The minimum atomic E-state index is 0.421. The zero-order chi connectivity index (χ0) is 8.81. The maximum absolute atomic E-state index is 5.48. The van der Waals surface area contributed by atoms with Gasteiger partial charge in [-0.05, 0) is 18.7 Å². The summed E-state index contributed by atoms with van der Waals surface area (Å²) >= 11 is 0. The highest BCUT2D eigenvalue weighted by atomic mass is 16.5. The van der Waals surface area contributed by atoms with E-state index in [1.807, 2.05) is 30.3 Å². The normalized spacial score (nSPS) is 12.5. The van der Waals surface area contributed by atoms with Gasteiger partial charge in [-0.25, -0.2) is 0 Å². The van der Waals surface area contributed by atoms with E-state index < -0.39 is 0 Å². The highest BCUT2D eigenvalue weighted by molar-refractivity contribution is 5.20. The molecule has 0 bridgehead atoms. The van der Waals surface area contributed by atoms with Gasteiger partial charge in [0.2, 0.25) is 0 Å². The van der Waals surface area contributed by atoms with Crippen molar-refractivity contribution in [2.24, 2.45) is 11.7 Å². The molecule has 2 N–H and O–H groups in total. The van der Waals surface area contributed by atoms with Gasteiger partial charge in [0.1, 0.15) is 5.75 Å². The smallest absolute Gasteiger partial charge is 0.119 e. The first-order valence-corrected chi connectivity index (χ1v) is 4.21. The van der Waals surface area contributed by atoms with Gasteiger partial charge in [0, 0.05) is 5.92 Å². The van der Waals surface area contributed by atoms with Crippen LogP contribution in [-0.2, 0) is 0 Å². The van der Waals surface area contributed by atoms with Crippen LogP contribution in [0, 0.1) is 5.92 Å². The summed E-state index contributed by atoms with van der Waals surface area (Å²) in [7, 11) is 0. The van der Waals surface area contributed by atoms with E-state index in [1.165, 1.54) is 0 Å². The molecule has 0 aliphatic heterocycles. The lowest BCUT2D eigenvalue weighted by atomic mass is 10.2. The molecule has 0 aromatic heterocycles. The molecule has 1 rings (SSSR count). The highest BCUT2D eigenvalue weighted by Gasteiger charge is 1.98. The van der Waals surface area contributed by atoms with Crippen molar-refractivity contribution in [3.63, 3.8) is 0 Å². The monoisotopic (exact) mass is 165 g/mol. The maximum atomic E-state index is 5.48. The number of hydrogen-bond donors (Lipinski definition) is 1. The minimum absolute atomic E-state index is 0.421. The Balaban J connectivity index is 2.33. The van der Waals surface area contributed by atoms with Crippen LogP contribution in [0.1, 0.15) is 6.92 Å². The quantitative estimate of drug-likeness (QED) is 0.736.